The zero-order chi connectivity index (χ0) is 21.4. The van der Waals surface area contributed by atoms with Crippen LogP contribution >= 0.6 is 0 Å². The van der Waals surface area contributed by atoms with Gasteiger partial charge in [0.2, 0.25) is 0 Å². The van der Waals surface area contributed by atoms with E-state index in [-0.39, 0.29) is 22.7 Å². The van der Waals surface area contributed by atoms with Crippen LogP contribution in [0, 0.1) is 21.4 Å². The number of amides is 1. The molecule has 0 heterocycles. The Morgan fingerprint density at radius 3 is 2.38 bits per heavy atom. The first-order valence-corrected chi connectivity index (χ1v) is 8.16. The van der Waals surface area contributed by atoms with Crippen LogP contribution in [0.15, 0.2) is 48.2 Å². The van der Waals surface area contributed by atoms with Gasteiger partial charge in [-0.2, -0.15) is 5.26 Å². The summed E-state index contributed by atoms with van der Waals surface area (Å²) in [5.74, 6) is 0.401. The molecule has 0 saturated heterocycles. The first-order chi connectivity index (χ1) is 13.9. The number of methoxy groups -OCH3 is 3. The number of hydrogen-bond acceptors (Lipinski definition) is 8. The lowest BCUT2D eigenvalue weighted by atomic mass is 10.2. The number of nitro groups is 1. The summed E-state index contributed by atoms with van der Waals surface area (Å²) in [6, 6.07) is 10.5. The average molecular weight is 398 g/mol. The van der Waals surface area contributed by atoms with Crippen LogP contribution in [0.5, 0.6) is 17.2 Å². The lowest BCUT2D eigenvalue weighted by Crippen LogP contribution is -2.15. The van der Waals surface area contributed by atoms with Crippen molar-refractivity contribution in [3.8, 4) is 23.3 Å². The van der Waals surface area contributed by atoms with E-state index in [0.29, 0.717) is 17.2 Å². The number of nitriles is 1. The normalized spacial score (nSPS) is 10.5. The van der Waals surface area contributed by atoms with Crippen molar-refractivity contribution in [3.63, 3.8) is 0 Å². The molecule has 0 aromatic heterocycles. The van der Waals surface area contributed by atoms with E-state index < -0.39 is 10.8 Å². The van der Waals surface area contributed by atoms with E-state index in [1.54, 1.807) is 24.3 Å². The van der Waals surface area contributed by atoms with Crippen molar-refractivity contribution in [3.05, 3.63) is 58.3 Å². The second-order valence-corrected chi connectivity index (χ2v) is 5.48. The Morgan fingerprint density at radius 2 is 1.79 bits per heavy atom. The Kier molecular flexibility index (Phi) is 6.97. The smallest absolute Gasteiger partial charge is 0.273 e. The van der Waals surface area contributed by atoms with E-state index in [1.165, 1.54) is 45.7 Å². The average Bonchev–Trinajstić information content (AvgIpc) is 2.74. The number of carbonyl (C=O) groups excluding carboxylic acids is 1. The molecule has 29 heavy (non-hydrogen) atoms. The number of nitrogens with zero attached hydrogens (tertiary/aromatic N) is 2. The zero-order valence-corrected chi connectivity index (χ0v) is 15.9. The maximum absolute atomic E-state index is 12.4. The fourth-order valence-corrected chi connectivity index (χ4v) is 2.31. The highest BCUT2D eigenvalue weighted by Gasteiger charge is 2.16. The van der Waals surface area contributed by atoms with Gasteiger partial charge in [0.25, 0.3) is 11.6 Å². The quantitative estimate of drug-likeness (QED) is 0.300. The van der Waals surface area contributed by atoms with Crippen LogP contribution in [0.25, 0.3) is 0 Å². The van der Waals surface area contributed by atoms with E-state index in [2.05, 4.69) is 10.6 Å². The van der Waals surface area contributed by atoms with Gasteiger partial charge in [-0.3, -0.25) is 14.9 Å². The maximum Gasteiger partial charge on any atom is 0.273 e. The van der Waals surface area contributed by atoms with Gasteiger partial charge >= 0.3 is 0 Å². The highest BCUT2D eigenvalue weighted by Crippen LogP contribution is 2.30. The summed E-state index contributed by atoms with van der Waals surface area (Å²) in [5, 5.41) is 25.5. The molecule has 0 spiro atoms. The van der Waals surface area contributed by atoms with Crippen molar-refractivity contribution in [2.75, 3.05) is 32.0 Å². The second kappa shape index (κ2) is 9.61. The van der Waals surface area contributed by atoms with Gasteiger partial charge in [-0.15, -0.1) is 0 Å². The monoisotopic (exact) mass is 398 g/mol. The van der Waals surface area contributed by atoms with E-state index in [0.717, 1.165) is 0 Å². The summed E-state index contributed by atoms with van der Waals surface area (Å²) in [7, 11) is 4.30. The third-order valence-corrected chi connectivity index (χ3v) is 3.79. The molecule has 0 bridgehead atoms. The molecule has 0 atom stereocenters. The number of non-ortho nitro benzene ring substituents is 1. The summed E-state index contributed by atoms with van der Waals surface area (Å²) >= 11 is 0. The van der Waals surface area contributed by atoms with E-state index in [4.69, 9.17) is 14.2 Å². The van der Waals surface area contributed by atoms with Crippen molar-refractivity contribution in [1.82, 2.24) is 0 Å². The van der Waals surface area contributed by atoms with Gasteiger partial charge in [0.15, 0.2) is 0 Å². The van der Waals surface area contributed by atoms with E-state index in [9.17, 15) is 20.2 Å². The first-order valence-electron chi connectivity index (χ1n) is 8.16. The highest BCUT2D eigenvalue weighted by molar-refractivity contribution is 6.07. The lowest BCUT2D eigenvalue weighted by Gasteiger charge is -2.11. The molecule has 2 aromatic carbocycles. The topological polar surface area (TPSA) is 136 Å². The number of anilines is 2. The van der Waals surface area contributed by atoms with Gasteiger partial charge in [-0.25, -0.2) is 0 Å². The molecule has 0 aliphatic rings. The van der Waals surface area contributed by atoms with Gasteiger partial charge < -0.3 is 24.8 Å². The van der Waals surface area contributed by atoms with Crippen molar-refractivity contribution in [2.45, 2.75) is 0 Å². The van der Waals surface area contributed by atoms with E-state index >= 15 is 0 Å². The molecule has 0 aliphatic heterocycles. The summed E-state index contributed by atoms with van der Waals surface area (Å²) < 4.78 is 15.4. The lowest BCUT2D eigenvalue weighted by molar-refractivity contribution is -0.384. The third-order valence-electron chi connectivity index (χ3n) is 3.79. The number of carbonyl (C=O) groups is 1. The molecular weight excluding hydrogens is 380 g/mol. The Balaban J connectivity index is 2.23. The zero-order valence-electron chi connectivity index (χ0n) is 15.9. The van der Waals surface area contributed by atoms with Crippen molar-refractivity contribution in [2.24, 2.45) is 0 Å². The van der Waals surface area contributed by atoms with Gasteiger partial charge in [-0.1, -0.05) is 0 Å². The van der Waals surface area contributed by atoms with Gasteiger partial charge in [0.05, 0.1) is 43.7 Å². The molecular formula is C19H18N4O6. The Hall–Kier alpha value is -4.26. The Morgan fingerprint density at radius 1 is 1.07 bits per heavy atom. The Labute approximate surface area is 166 Å². The molecule has 0 radical (unpaired) electrons. The van der Waals surface area contributed by atoms with Crippen LogP contribution in [0.4, 0.5) is 17.1 Å². The standard InChI is InChI=1S/C19H18N4O6/c1-27-14-5-7-17(28-2)16(9-14)21-11-12(10-20)19(24)22-15-6-4-13(23(25)26)8-18(15)29-3/h4-9,11,21H,1-3H3,(H,22,24)/b12-11-. The minimum absolute atomic E-state index is 0.0901. The van der Waals surface area contributed by atoms with Gasteiger partial charge in [0.1, 0.15) is 28.9 Å². The number of ether oxygens (including phenoxy) is 3. The molecule has 2 N–H and O–H groups in total. The molecule has 150 valence electrons. The van der Waals surface area contributed by atoms with Gasteiger partial charge in [0, 0.05) is 18.3 Å². The van der Waals surface area contributed by atoms with Crippen molar-refractivity contribution in [1.29, 1.82) is 5.26 Å². The molecule has 0 unspecified atom stereocenters. The minimum Gasteiger partial charge on any atom is -0.497 e. The highest BCUT2D eigenvalue weighted by atomic mass is 16.6. The largest absolute Gasteiger partial charge is 0.497 e. The molecule has 2 aromatic rings. The SMILES string of the molecule is COc1ccc(OC)c(N/C=C(/C#N)C(=O)Nc2ccc([N+](=O)[O-])cc2OC)c1. The number of benzene rings is 2. The van der Waals surface area contributed by atoms with Crippen molar-refractivity contribution >= 4 is 23.0 Å². The fourth-order valence-electron chi connectivity index (χ4n) is 2.31. The summed E-state index contributed by atoms with van der Waals surface area (Å²) in [6.07, 6.45) is 1.21. The van der Waals surface area contributed by atoms with Gasteiger partial charge in [-0.05, 0) is 18.2 Å². The summed E-state index contributed by atoms with van der Waals surface area (Å²) in [6.45, 7) is 0. The maximum atomic E-state index is 12.4. The molecule has 2 rings (SSSR count). The predicted octanol–water partition coefficient (Wildman–Crippen LogP) is 3.08. The minimum atomic E-state index is -0.728. The van der Waals surface area contributed by atoms with Crippen molar-refractivity contribution < 1.29 is 23.9 Å². The van der Waals surface area contributed by atoms with Crippen LogP contribution in [0.2, 0.25) is 0 Å². The molecule has 10 heteroatoms. The number of hydrogen-bond donors (Lipinski definition) is 2. The predicted molar refractivity (Wildman–Crippen MR) is 105 cm³/mol. The first kappa shape index (κ1) is 21.0. The molecule has 10 nitrogen and oxygen atoms in total. The van der Waals surface area contributed by atoms with E-state index in [1.807, 2.05) is 0 Å². The third kappa shape index (κ3) is 5.14. The molecule has 0 fully saturated rings. The van der Waals surface area contributed by atoms with Crippen LogP contribution < -0.4 is 24.8 Å². The van der Waals surface area contributed by atoms with Crippen LogP contribution in [-0.4, -0.2) is 32.2 Å². The summed E-state index contributed by atoms with van der Waals surface area (Å²) in [4.78, 5) is 22.7. The Bertz CT molecular complexity index is 997. The fraction of sp³-hybridized carbons (Fsp3) is 0.158. The number of rotatable bonds is 8. The van der Waals surface area contributed by atoms with Crippen LogP contribution in [-0.2, 0) is 4.79 Å². The number of nitro benzene ring substituents is 1. The second-order valence-electron chi connectivity index (χ2n) is 5.48. The molecule has 1 amide bonds. The molecule has 0 saturated carbocycles. The number of nitrogens with one attached hydrogen (secondary N) is 2. The summed E-state index contributed by atoms with van der Waals surface area (Å²) in [5.41, 5.74) is 0.237. The van der Waals surface area contributed by atoms with Crippen LogP contribution in [0.3, 0.4) is 0 Å². The van der Waals surface area contributed by atoms with Crippen LogP contribution in [0.1, 0.15) is 0 Å². The molecule has 0 aliphatic carbocycles.